The Kier molecular flexibility index (Phi) is 7.43. The van der Waals surface area contributed by atoms with Crippen LogP contribution in [0.4, 0.5) is 0 Å². The minimum absolute atomic E-state index is 0.0864. The van der Waals surface area contributed by atoms with E-state index in [1.807, 2.05) is 13.0 Å². The minimum Gasteiger partial charge on any atom is -0.494 e. The van der Waals surface area contributed by atoms with E-state index in [0.29, 0.717) is 35.1 Å². The van der Waals surface area contributed by atoms with Gasteiger partial charge in [-0.15, -0.1) is 11.3 Å². The number of thiazole rings is 1. The molecule has 1 saturated heterocycles. The van der Waals surface area contributed by atoms with Crippen molar-refractivity contribution in [1.82, 2.24) is 8.87 Å². The molecule has 1 unspecified atom stereocenters. The molecule has 0 saturated carbocycles. The predicted molar refractivity (Wildman–Crippen MR) is 130 cm³/mol. The highest BCUT2D eigenvalue weighted by atomic mass is 35.5. The maximum atomic E-state index is 13.2. The van der Waals surface area contributed by atoms with Crippen molar-refractivity contribution in [3.63, 3.8) is 0 Å². The summed E-state index contributed by atoms with van der Waals surface area (Å²) >= 11 is 8.09. The number of halogens is 1. The third-order valence-corrected chi connectivity index (χ3v) is 9.93. The Hall–Kier alpha value is -2.25. The van der Waals surface area contributed by atoms with Crippen molar-refractivity contribution in [3.8, 4) is 5.75 Å². The van der Waals surface area contributed by atoms with Gasteiger partial charge in [0.25, 0.3) is 15.9 Å². The Morgan fingerprint density at radius 2 is 2.03 bits per heavy atom. The Morgan fingerprint density at radius 3 is 2.71 bits per heavy atom. The third-order valence-electron chi connectivity index (χ3n) is 5.29. The number of fused-ring (bicyclic) bond motifs is 1. The fourth-order valence-electron chi connectivity index (χ4n) is 3.74. The van der Waals surface area contributed by atoms with Crippen LogP contribution in [-0.4, -0.2) is 55.5 Å². The zero-order valence-electron chi connectivity index (χ0n) is 18.4. The van der Waals surface area contributed by atoms with Gasteiger partial charge in [0, 0.05) is 6.54 Å². The van der Waals surface area contributed by atoms with E-state index in [2.05, 4.69) is 4.99 Å². The Labute approximate surface area is 209 Å². The molecule has 3 aromatic rings. The fraction of sp³-hybridized carbons (Fsp3) is 0.381. The van der Waals surface area contributed by atoms with E-state index in [4.69, 9.17) is 21.1 Å². The van der Waals surface area contributed by atoms with Crippen LogP contribution in [0.5, 0.6) is 5.75 Å². The van der Waals surface area contributed by atoms with Gasteiger partial charge in [-0.2, -0.15) is 9.30 Å². The summed E-state index contributed by atoms with van der Waals surface area (Å²) < 4.78 is 40.6. The lowest BCUT2D eigenvalue weighted by molar-refractivity contribution is -0.141. The van der Waals surface area contributed by atoms with Gasteiger partial charge in [-0.3, -0.25) is 9.59 Å². The molecule has 4 rings (SSSR count). The number of thiophene rings is 1. The Morgan fingerprint density at radius 1 is 1.24 bits per heavy atom. The highest BCUT2D eigenvalue weighted by Crippen LogP contribution is 2.32. The zero-order chi connectivity index (χ0) is 24.5. The predicted octanol–water partition coefficient (Wildman–Crippen LogP) is 3.27. The first-order chi connectivity index (χ1) is 16.2. The van der Waals surface area contributed by atoms with Crippen LogP contribution in [-0.2, 0) is 30.9 Å². The average molecular weight is 544 g/mol. The number of benzene rings is 1. The summed E-state index contributed by atoms with van der Waals surface area (Å²) in [6, 6.07) is 7.39. The second-order valence-corrected chi connectivity index (χ2v) is 12.2. The number of sulfonamides is 1. The summed E-state index contributed by atoms with van der Waals surface area (Å²) in [5.74, 6) is -0.428. The van der Waals surface area contributed by atoms with Crippen molar-refractivity contribution in [1.29, 1.82) is 0 Å². The van der Waals surface area contributed by atoms with Crippen molar-refractivity contribution >= 4 is 66.4 Å². The van der Waals surface area contributed by atoms with Crippen molar-refractivity contribution in [3.05, 3.63) is 39.5 Å². The standard InChI is InChI=1S/C21H22ClN3O6S3/c1-3-31-13-6-7-14-16(11-13)32-21(24(14)12-18(26)30-2)23-20(27)15-5-4-10-25(15)34(28,29)19-9-8-17(22)33-19/h6-9,11,15H,3-5,10,12H2,1-2H3. The number of methoxy groups -OCH3 is 1. The molecule has 3 heterocycles. The van der Waals surface area contributed by atoms with Crippen molar-refractivity contribution in [2.75, 3.05) is 20.3 Å². The second-order valence-electron chi connectivity index (χ2n) is 7.39. The van der Waals surface area contributed by atoms with Crippen molar-refractivity contribution in [2.45, 2.75) is 36.6 Å². The van der Waals surface area contributed by atoms with Gasteiger partial charge < -0.3 is 14.0 Å². The van der Waals surface area contributed by atoms with Crippen LogP contribution in [0.1, 0.15) is 19.8 Å². The fourth-order valence-corrected chi connectivity index (χ4v) is 8.06. The molecule has 0 aliphatic carbocycles. The molecule has 0 radical (unpaired) electrons. The Bertz CT molecular complexity index is 1410. The topological polar surface area (TPSA) is 107 Å². The number of aromatic nitrogens is 1. The van der Waals surface area contributed by atoms with Crippen molar-refractivity contribution < 1.29 is 27.5 Å². The summed E-state index contributed by atoms with van der Waals surface area (Å²) in [5.41, 5.74) is 0.689. The van der Waals surface area contributed by atoms with Gasteiger partial charge in [0.2, 0.25) is 0 Å². The first-order valence-corrected chi connectivity index (χ1v) is 13.9. The summed E-state index contributed by atoms with van der Waals surface area (Å²) in [4.78, 5) is 29.8. The molecule has 1 aliphatic heterocycles. The molecule has 34 heavy (non-hydrogen) atoms. The quantitative estimate of drug-likeness (QED) is 0.423. The molecule has 1 amide bonds. The number of carbonyl (C=O) groups excluding carboxylic acids is 2. The number of rotatable bonds is 7. The lowest BCUT2D eigenvalue weighted by atomic mass is 10.2. The third kappa shape index (κ3) is 4.91. The van der Waals surface area contributed by atoms with E-state index >= 15 is 0 Å². The maximum absolute atomic E-state index is 13.2. The second kappa shape index (κ2) is 10.2. The van der Waals surface area contributed by atoms with E-state index < -0.39 is 27.9 Å². The molecular formula is C21H22ClN3O6S3. The monoisotopic (exact) mass is 543 g/mol. The number of amides is 1. The highest BCUT2D eigenvalue weighted by molar-refractivity contribution is 7.91. The SMILES string of the molecule is CCOc1ccc2c(c1)sc(=NC(=O)C1CCCN1S(=O)(=O)c1ccc(Cl)s1)n2CC(=O)OC. The van der Waals surface area contributed by atoms with E-state index in [-0.39, 0.29) is 22.1 Å². The van der Waals surface area contributed by atoms with Crippen LogP contribution < -0.4 is 9.54 Å². The van der Waals surface area contributed by atoms with Gasteiger partial charge in [0.15, 0.2) is 4.80 Å². The van der Waals surface area contributed by atoms with Gasteiger partial charge in [-0.05, 0) is 50.1 Å². The first kappa shape index (κ1) is 24.9. The molecule has 13 heteroatoms. The molecular weight excluding hydrogens is 522 g/mol. The zero-order valence-corrected chi connectivity index (χ0v) is 21.6. The van der Waals surface area contributed by atoms with E-state index in [1.54, 1.807) is 16.7 Å². The smallest absolute Gasteiger partial charge is 0.325 e. The normalized spacial score (nSPS) is 17.4. The molecule has 0 N–H and O–H groups in total. The number of carbonyl (C=O) groups is 2. The summed E-state index contributed by atoms with van der Waals surface area (Å²) in [7, 11) is -2.60. The molecule has 1 fully saturated rings. The van der Waals surface area contributed by atoms with Gasteiger partial charge >= 0.3 is 5.97 Å². The maximum Gasteiger partial charge on any atom is 0.325 e. The molecule has 2 aromatic heterocycles. The van der Waals surface area contributed by atoms with E-state index in [1.165, 1.54) is 34.9 Å². The van der Waals surface area contributed by atoms with E-state index in [9.17, 15) is 18.0 Å². The molecule has 0 spiro atoms. The lowest BCUT2D eigenvalue weighted by Crippen LogP contribution is -2.40. The number of esters is 1. The van der Waals surface area contributed by atoms with Crippen LogP contribution in [0.15, 0.2) is 39.5 Å². The number of hydrogen-bond donors (Lipinski definition) is 0. The lowest BCUT2D eigenvalue weighted by Gasteiger charge is -2.20. The molecule has 182 valence electrons. The molecule has 1 atom stereocenters. The van der Waals surface area contributed by atoms with Gasteiger partial charge in [-0.1, -0.05) is 22.9 Å². The van der Waals surface area contributed by atoms with Crippen LogP contribution in [0.3, 0.4) is 0 Å². The Balaban J connectivity index is 1.74. The van der Waals surface area contributed by atoms with Gasteiger partial charge in [0.1, 0.15) is 22.5 Å². The highest BCUT2D eigenvalue weighted by Gasteiger charge is 2.40. The summed E-state index contributed by atoms with van der Waals surface area (Å²) in [5, 5.41) is 0. The van der Waals surface area contributed by atoms with Gasteiger partial charge in [0.05, 0.1) is 28.3 Å². The van der Waals surface area contributed by atoms with Crippen LogP contribution in [0.25, 0.3) is 10.2 Å². The van der Waals surface area contributed by atoms with Crippen LogP contribution in [0.2, 0.25) is 4.34 Å². The summed E-state index contributed by atoms with van der Waals surface area (Å²) in [6.07, 6.45) is 0.896. The molecule has 9 nitrogen and oxygen atoms in total. The van der Waals surface area contributed by atoms with Crippen LogP contribution >= 0.6 is 34.3 Å². The van der Waals surface area contributed by atoms with E-state index in [0.717, 1.165) is 16.0 Å². The molecule has 1 aliphatic rings. The number of ether oxygens (including phenoxy) is 2. The first-order valence-electron chi connectivity index (χ1n) is 10.4. The molecule has 1 aromatic carbocycles. The number of hydrogen-bond acceptors (Lipinski definition) is 8. The molecule has 0 bridgehead atoms. The summed E-state index contributed by atoms with van der Waals surface area (Å²) in [6.45, 7) is 2.45. The largest absolute Gasteiger partial charge is 0.494 e. The van der Waals surface area contributed by atoms with Gasteiger partial charge in [-0.25, -0.2) is 8.42 Å². The number of nitrogens with zero attached hydrogens (tertiary/aromatic N) is 3. The average Bonchev–Trinajstić information content (AvgIpc) is 3.53. The minimum atomic E-state index is -3.88. The van der Waals surface area contributed by atoms with Crippen molar-refractivity contribution in [2.24, 2.45) is 4.99 Å². The van der Waals surface area contributed by atoms with Crippen LogP contribution in [0, 0.1) is 0 Å².